The molecule has 4 nitrogen and oxygen atoms in total. The highest BCUT2D eigenvalue weighted by Crippen LogP contribution is 2.28. The fourth-order valence-corrected chi connectivity index (χ4v) is 2.13. The van der Waals surface area contributed by atoms with Gasteiger partial charge in [-0.05, 0) is 37.3 Å². The van der Waals surface area contributed by atoms with Crippen molar-refractivity contribution in [1.82, 2.24) is 9.88 Å². The Kier molecular flexibility index (Phi) is 5.35. The van der Waals surface area contributed by atoms with Gasteiger partial charge in [-0.2, -0.15) is 0 Å². The van der Waals surface area contributed by atoms with Crippen molar-refractivity contribution in [2.75, 3.05) is 13.1 Å². The molecule has 1 aromatic rings. The third kappa shape index (κ3) is 4.57. The Bertz CT molecular complexity index is 535. The zero-order valence-corrected chi connectivity index (χ0v) is 12.8. The second kappa shape index (κ2) is 7.24. The first kappa shape index (κ1) is 15.5. The van der Waals surface area contributed by atoms with E-state index in [-0.39, 0.29) is 5.91 Å². The standard InChI is InChI=1S/C17H23N3O/c1-13(2)9-11-20(15-6-7-15)17(21)16-8-5-14(12-19-16)4-3-10-18/h5,8,12-13,15H,6-7,9-11,18H2,1-2H3. The molecule has 0 spiro atoms. The van der Waals surface area contributed by atoms with E-state index in [9.17, 15) is 4.79 Å². The first-order valence-electron chi connectivity index (χ1n) is 7.57. The highest BCUT2D eigenvalue weighted by Gasteiger charge is 2.33. The van der Waals surface area contributed by atoms with E-state index in [1.807, 2.05) is 11.0 Å². The van der Waals surface area contributed by atoms with Crippen molar-refractivity contribution < 1.29 is 4.79 Å². The molecule has 21 heavy (non-hydrogen) atoms. The van der Waals surface area contributed by atoms with Gasteiger partial charge in [0.1, 0.15) is 5.69 Å². The summed E-state index contributed by atoms with van der Waals surface area (Å²) in [5, 5.41) is 0. The van der Waals surface area contributed by atoms with Crippen LogP contribution in [-0.2, 0) is 0 Å². The van der Waals surface area contributed by atoms with Crippen molar-refractivity contribution in [3.05, 3.63) is 29.6 Å². The lowest BCUT2D eigenvalue weighted by Gasteiger charge is -2.23. The molecule has 1 aromatic heterocycles. The topological polar surface area (TPSA) is 59.2 Å². The van der Waals surface area contributed by atoms with Crippen LogP contribution in [0.15, 0.2) is 18.3 Å². The van der Waals surface area contributed by atoms with Crippen molar-refractivity contribution in [2.24, 2.45) is 11.7 Å². The highest BCUT2D eigenvalue weighted by atomic mass is 16.2. The van der Waals surface area contributed by atoms with Gasteiger partial charge in [0.05, 0.1) is 6.54 Å². The van der Waals surface area contributed by atoms with Crippen LogP contribution in [0.25, 0.3) is 0 Å². The quantitative estimate of drug-likeness (QED) is 0.842. The predicted molar refractivity (Wildman–Crippen MR) is 83.7 cm³/mol. The Hall–Kier alpha value is -1.86. The zero-order valence-electron chi connectivity index (χ0n) is 12.8. The third-order valence-corrected chi connectivity index (χ3v) is 3.51. The second-order valence-corrected chi connectivity index (χ2v) is 5.85. The van der Waals surface area contributed by atoms with Gasteiger partial charge in [-0.25, -0.2) is 4.98 Å². The molecule has 1 aliphatic rings. The van der Waals surface area contributed by atoms with Crippen molar-refractivity contribution in [3.8, 4) is 11.8 Å². The van der Waals surface area contributed by atoms with Crippen LogP contribution in [0.5, 0.6) is 0 Å². The Morgan fingerprint density at radius 3 is 2.76 bits per heavy atom. The molecule has 2 rings (SSSR count). The fourth-order valence-electron chi connectivity index (χ4n) is 2.13. The van der Waals surface area contributed by atoms with Gasteiger partial charge in [0.2, 0.25) is 0 Å². The SMILES string of the molecule is CC(C)CCN(C(=O)c1ccc(C#CCN)cn1)C1CC1. The molecule has 1 amide bonds. The maximum absolute atomic E-state index is 12.6. The first-order chi connectivity index (χ1) is 10.1. The summed E-state index contributed by atoms with van der Waals surface area (Å²) in [7, 11) is 0. The Morgan fingerprint density at radius 2 is 2.24 bits per heavy atom. The van der Waals surface area contributed by atoms with E-state index in [2.05, 4.69) is 30.7 Å². The summed E-state index contributed by atoms with van der Waals surface area (Å²) in [6, 6.07) is 4.00. The largest absolute Gasteiger partial charge is 0.334 e. The number of carbonyl (C=O) groups excluding carboxylic acids is 1. The van der Waals surface area contributed by atoms with Gasteiger partial charge in [0, 0.05) is 24.3 Å². The fraction of sp³-hybridized carbons (Fsp3) is 0.529. The van der Waals surface area contributed by atoms with Gasteiger partial charge in [-0.15, -0.1) is 0 Å². The summed E-state index contributed by atoms with van der Waals surface area (Å²) in [4.78, 5) is 18.8. The molecule has 0 atom stereocenters. The van der Waals surface area contributed by atoms with Crippen LogP contribution in [0.4, 0.5) is 0 Å². The van der Waals surface area contributed by atoms with E-state index in [0.29, 0.717) is 24.2 Å². The summed E-state index contributed by atoms with van der Waals surface area (Å²) < 4.78 is 0. The Labute approximate surface area is 126 Å². The number of carbonyl (C=O) groups is 1. The van der Waals surface area contributed by atoms with Gasteiger partial charge in [0.25, 0.3) is 5.91 Å². The minimum absolute atomic E-state index is 0.0384. The molecule has 1 fully saturated rings. The normalized spacial score (nSPS) is 13.7. The summed E-state index contributed by atoms with van der Waals surface area (Å²) in [6.07, 6.45) is 4.90. The van der Waals surface area contributed by atoms with E-state index in [1.54, 1.807) is 12.3 Å². The highest BCUT2D eigenvalue weighted by molar-refractivity contribution is 5.92. The molecule has 112 valence electrons. The molecule has 0 bridgehead atoms. The molecule has 1 aliphatic carbocycles. The van der Waals surface area contributed by atoms with Crippen molar-refractivity contribution in [2.45, 2.75) is 39.2 Å². The predicted octanol–water partition coefficient (Wildman–Crippen LogP) is 2.04. The summed E-state index contributed by atoms with van der Waals surface area (Å²) in [5.74, 6) is 6.33. The van der Waals surface area contributed by atoms with Crippen LogP contribution in [0.1, 0.15) is 49.2 Å². The maximum atomic E-state index is 12.6. The average molecular weight is 285 g/mol. The van der Waals surface area contributed by atoms with Gasteiger partial charge >= 0.3 is 0 Å². The van der Waals surface area contributed by atoms with Crippen molar-refractivity contribution in [3.63, 3.8) is 0 Å². The monoisotopic (exact) mass is 285 g/mol. The van der Waals surface area contributed by atoms with Crippen LogP contribution in [-0.4, -0.2) is 34.9 Å². The van der Waals surface area contributed by atoms with E-state index >= 15 is 0 Å². The molecule has 0 aliphatic heterocycles. The average Bonchev–Trinajstić information content (AvgIpc) is 3.30. The molecule has 2 N–H and O–H groups in total. The lowest BCUT2D eigenvalue weighted by atomic mass is 10.1. The number of pyridine rings is 1. The van der Waals surface area contributed by atoms with Crippen LogP contribution in [0.2, 0.25) is 0 Å². The van der Waals surface area contributed by atoms with E-state index < -0.39 is 0 Å². The van der Waals surface area contributed by atoms with E-state index in [4.69, 9.17) is 5.73 Å². The molecule has 1 saturated carbocycles. The molecular formula is C17H23N3O. The van der Waals surface area contributed by atoms with E-state index in [0.717, 1.165) is 31.4 Å². The number of rotatable bonds is 5. The summed E-state index contributed by atoms with van der Waals surface area (Å²) in [5.41, 5.74) is 6.63. The number of nitrogens with zero attached hydrogens (tertiary/aromatic N) is 2. The van der Waals surface area contributed by atoms with Gasteiger partial charge < -0.3 is 10.6 Å². The molecule has 0 radical (unpaired) electrons. The Morgan fingerprint density at radius 1 is 1.48 bits per heavy atom. The zero-order chi connectivity index (χ0) is 15.2. The molecule has 0 aromatic carbocycles. The lowest BCUT2D eigenvalue weighted by Crippen LogP contribution is -2.35. The minimum atomic E-state index is 0.0384. The minimum Gasteiger partial charge on any atom is -0.334 e. The number of hydrogen-bond donors (Lipinski definition) is 1. The Balaban J connectivity index is 2.05. The summed E-state index contributed by atoms with van der Waals surface area (Å²) >= 11 is 0. The van der Waals surface area contributed by atoms with Crippen LogP contribution < -0.4 is 5.73 Å². The number of aromatic nitrogens is 1. The van der Waals surface area contributed by atoms with Crippen molar-refractivity contribution >= 4 is 5.91 Å². The maximum Gasteiger partial charge on any atom is 0.272 e. The number of amides is 1. The van der Waals surface area contributed by atoms with Crippen molar-refractivity contribution in [1.29, 1.82) is 0 Å². The lowest BCUT2D eigenvalue weighted by molar-refractivity contribution is 0.0729. The smallest absolute Gasteiger partial charge is 0.272 e. The van der Waals surface area contributed by atoms with Gasteiger partial charge in [-0.1, -0.05) is 25.7 Å². The molecule has 1 heterocycles. The second-order valence-electron chi connectivity index (χ2n) is 5.85. The summed E-state index contributed by atoms with van der Waals surface area (Å²) in [6.45, 7) is 5.50. The van der Waals surface area contributed by atoms with Crippen LogP contribution in [0.3, 0.4) is 0 Å². The molecule has 0 unspecified atom stereocenters. The number of hydrogen-bond acceptors (Lipinski definition) is 3. The van der Waals surface area contributed by atoms with Crippen LogP contribution >= 0.6 is 0 Å². The molecule has 0 saturated heterocycles. The number of nitrogens with two attached hydrogens (primary N) is 1. The molecule has 4 heteroatoms. The van der Waals surface area contributed by atoms with Crippen LogP contribution in [0, 0.1) is 17.8 Å². The van der Waals surface area contributed by atoms with Gasteiger partial charge in [-0.3, -0.25) is 4.79 Å². The van der Waals surface area contributed by atoms with E-state index in [1.165, 1.54) is 0 Å². The van der Waals surface area contributed by atoms with Gasteiger partial charge in [0.15, 0.2) is 0 Å². The third-order valence-electron chi connectivity index (χ3n) is 3.51. The first-order valence-corrected chi connectivity index (χ1v) is 7.57. The molecular weight excluding hydrogens is 262 g/mol.